The van der Waals surface area contributed by atoms with E-state index in [9.17, 15) is 14.7 Å². The molecule has 0 spiro atoms. The zero-order chi connectivity index (χ0) is 13.5. The molecule has 4 fully saturated rings. The van der Waals surface area contributed by atoms with Crippen molar-refractivity contribution in [3.8, 4) is 0 Å². The van der Waals surface area contributed by atoms with Gasteiger partial charge in [-0.1, -0.05) is 0 Å². The number of rotatable bonds is 2. The predicted octanol–water partition coefficient (Wildman–Crippen LogP) is -1.12. The highest BCUT2D eigenvalue weighted by Gasteiger charge is 2.72. The minimum atomic E-state index is -0.494. The first-order valence-corrected chi connectivity index (χ1v) is 6.85. The minimum Gasteiger partial charge on any atom is -0.390 e. The van der Waals surface area contributed by atoms with Crippen LogP contribution in [0.5, 0.6) is 0 Å². The number of carbonyl (C=O) groups is 2. The summed E-state index contributed by atoms with van der Waals surface area (Å²) in [6.07, 6.45) is -0.00875. The second kappa shape index (κ2) is 3.49. The van der Waals surface area contributed by atoms with Gasteiger partial charge in [-0.25, -0.2) is 0 Å². The van der Waals surface area contributed by atoms with Gasteiger partial charge in [-0.2, -0.15) is 0 Å². The second-order valence-corrected chi connectivity index (χ2v) is 6.40. The van der Waals surface area contributed by atoms with Gasteiger partial charge >= 0.3 is 0 Å². The third-order valence-electron chi connectivity index (χ3n) is 5.42. The van der Waals surface area contributed by atoms with Gasteiger partial charge in [0.25, 0.3) is 0 Å². The van der Waals surface area contributed by atoms with Gasteiger partial charge < -0.3 is 19.6 Å². The van der Waals surface area contributed by atoms with Crippen LogP contribution in [0.15, 0.2) is 0 Å². The van der Waals surface area contributed by atoms with Gasteiger partial charge in [-0.3, -0.25) is 9.59 Å². The lowest BCUT2D eigenvalue weighted by atomic mass is 9.80. The third-order valence-corrected chi connectivity index (χ3v) is 5.42. The number of likely N-dealkylation sites (tertiary alicyclic amines) is 1. The van der Waals surface area contributed by atoms with Crippen LogP contribution in [0.3, 0.4) is 0 Å². The summed E-state index contributed by atoms with van der Waals surface area (Å²) in [5.41, 5.74) is 0. The largest absolute Gasteiger partial charge is 0.390 e. The normalized spacial score (nSPS) is 49.3. The number of hydrogen-bond acceptors (Lipinski definition) is 4. The molecule has 104 valence electrons. The maximum atomic E-state index is 12.5. The fourth-order valence-electron chi connectivity index (χ4n) is 4.59. The Morgan fingerprint density at radius 3 is 2.89 bits per heavy atom. The van der Waals surface area contributed by atoms with Crippen LogP contribution < -0.4 is 0 Å². The topological polar surface area (TPSA) is 70.1 Å². The maximum absolute atomic E-state index is 12.5. The molecule has 0 aromatic rings. The number of hydrogen-bond donors (Lipinski definition) is 1. The molecule has 2 amide bonds. The first kappa shape index (κ1) is 11.7. The molecule has 0 aromatic heterocycles. The summed E-state index contributed by atoms with van der Waals surface area (Å²) in [5.74, 6) is 0.319. The molecule has 19 heavy (non-hydrogen) atoms. The molecule has 4 rings (SSSR count). The fourth-order valence-corrected chi connectivity index (χ4v) is 4.59. The maximum Gasteiger partial charge on any atom is 0.241 e. The summed E-state index contributed by atoms with van der Waals surface area (Å²) in [6.45, 7) is 0.0890. The lowest BCUT2D eigenvalue weighted by molar-refractivity contribution is -0.155. The average molecular weight is 266 g/mol. The Hall–Kier alpha value is -1.14. The van der Waals surface area contributed by atoms with Gasteiger partial charge in [0.05, 0.1) is 18.1 Å². The fraction of sp³-hybridized carbons (Fsp3) is 0.846. The van der Waals surface area contributed by atoms with Crippen LogP contribution >= 0.6 is 0 Å². The van der Waals surface area contributed by atoms with Crippen molar-refractivity contribution in [2.75, 3.05) is 20.6 Å². The standard InChI is InChI=1S/C13H18N2O4/c1-14(2)7(16)4-15-12(18)8-5-3-6-9(8)13(15)19-11(6)10(5)17/h5-6,8-11,13,17H,3-4H2,1-2H3. The lowest BCUT2D eigenvalue weighted by Crippen LogP contribution is -2.46. The molecule has 0 aromatic carbocycles. The minimum absolute atomic E-state index is 0.00472. The van der Waals surface area contributed by atoms with E-state index >= 15 is 0 Å². The molecule has 2 aliphatic carbocycles. The SMILES string of the molecule is CN(C)C(=O)CN1C(=O)C2C3CC4C(OC1C42)C3O. The molecule has 4 aliphatic rings. The van der Waals surface area contributed by atoms with Crippen LogP contribution in [-0.2, 0) is 14.3 Å². The van der Waals surface area contributed by atoms with E-state index in [0.717, 1.165) is 6.42 Å². The van der Waals surface area contributed by atoms with E-state index in [1.807, 2.05) is 0 Å². The van der Waals surface area contributed by atoms with Crippen LogP contribution in [0, 0.1) is 23.7 Å². The number of fused-ring (bicyclic) bond motifs is 2. The van der Waals surface area contributed by atoms with Gasteiger partial charge in [0.1, 0.15) is 12.8 Å². The van der Waals surface area contributed by atoms with Crippen molar-refractivity contribution >= 4 is 11.8 Å². The summed E-state index contributed by atoms with van der Waals surface area (Å²) in [7, 11) is 3.37. The molecule has 1 N–H and O–H groups in total. The monoisotopic (exact) mass is 266 g/mol. The summed E-state index contributed by atoms with van der Waals surface area (Å²) < 4.78 is 5.89. The second-order valence-electron chi connectivity index (χ2n) is 6.40. The van der Waals surface area contributed by atoms with Crippen LogP contribution in [0.2, 0.25) is 0 Å². The molecule has 2 heterocycles. The number of aliphatic hydroxyl groups is 1. The summed E-state index contributed by atoms with van der Waals surface area (Å²) in [6, 6.07) is 0. The first-order valence-electron chi connectivity index (χ1n) is 6.85. The molecule has 6 heteroatoms. The molecular weight excluding hydrogens is 248 g/mol. The molecule has 2 aliphatic heterocycles. The number of ether oxygens (including phenoxy) is 1. The van der Waals surface area contributed by atoms with Gasteiger partial charge in [-0.05, 0) is 18.3 Å². The highest BCUT2D eigenvalue weighted by atomic mass is 16.5. The van der Waals surface area contributed by atoms with Crippen molar-refractivity contribution in [1.29, 1.82) is 0 Å². The lowest BCUT2D eigenvalue weighted by Gasteiger charge is -2.30. The van der Waals surface area contributed by atoms with E-state index in [1.165, 1.54) is 4.90 Å². The number of amides is 2. The van der Waals surface area contributed by atoms with E-state index in [0.29, 0.717) is 5.92 Å². The quantitative estimate of drug-likeness (QED) is 0.687. The van der Waals surface area contributed by atoms with Gasteiger partial charge in [0.15, 0.2) is 0 Å². The van der Waals surface area contributed by atoms with Crippen LogP contribution in [0.1, 0.15) is 6.42 Å². The van der Waals surface area contributed by atoms with Crippen molar-refractivity contribution in [2.45, 2.75) is 24.9 Å². The van der Waals surface area contributed by atoms with Crippen LogP contribution in [0.4, 0.5) is 0 Å². The van der Waals surface area contributed by atoms with E-state index in [1.54, 1.807) is 19.0 Å². The zero-order valence-corrected chi connectivity index (χ0v) is 11.0. The van der Waals surface area contributed by atoms with Crippen molar-refractivity contribution in [1.82, 2.24) is 9.80 Å². The highest BCUT2D eigenvalue weighted by Crippen LogP contribution is 2.63. The molecule has 2 saturated carbocycles. The Balaban J connectivity index is 1.62. The summed E-state index contributed by atoms with van der Waals surface area (Å²) >= 11 is 0. The zero-order valence-electron chi connectivity index (χ0n) is 11.0. The Morgan fingerprint density at radius 2 is 2.21 bits per heavy atom. The van der Waals surface area contributed by atoms with E-state index < -0.39 is 6.10 Å². The Bertz CT molecular complexity index is 466. The Morgan fingerprint density at radius 1 is 1.47 bits per heavy atom. The van der Waals surface area contributed by atoms with E-state index in [2.05, 4.69) is 0 Å². The molecule has 6 nitrogen and oxygen atoms in total. The molecular formula is C13H18N2O4. The molecule has 7 atom stereocenters. The van der Waals surface area contributed by atoms with Crippen LogP contribution in [0.25, 0.3) is 0 Å². The van der Waals surface area contributed by atoms with E-state index in [4.69, 9.17) is 4.74 Å². The molecule has 7 unspecified atom stereocenters. The van der Waals surface area contributed by atoms with Gasteiger partial charge in [0.2, 0.25) is 11.8 Å². The third kappa shape index (κ3) is 1.24. The van der Waals surface area contributed by atoms with Crippen molar-refractivity contribution in [2.24, 2.45) is 23.7 Å². The smallest absolute Gasteiger partial charge is 0.241 e. The highest BCUT2D eigenvalue weighted by molar-refractivity contribution is 5.88. The Kier molecular flexibility index (Phi) is 2.14. The number of carbonyl (C=O) groups excluding carboxylic acids is 2. The van der Waals surface area contributed by atoms with Gasteiger partial charge in [0, 0.05) is 20.0 Å². The Labute approximate surface area is 111 Å². The summed E-state index contributed by atoms with van der Waals surface area (Å²) in [4.78, 5) is 27.4. The number of likely N-dealkylation sites (N-methyl/N-ethyl adjacent to an activating group) is 1. The number of nitrogens with zero attached hydrogens (tertiary/aromatic N) is 2. The first-order chi connectivity index (χ1) is 9.00. The molecule has 2 bridgehead atoms. The van der Waals surface area contributed by atoms with Crippen LogP contribution in [-0.4, -0.2) is 65.8 Å². The summed E-state index contributed by atoms with van der Waals surface area (Å²) in [5, 5.41) is 10.1. The van der Waals surface area contributed by atoms with Crippen molar-refractivity contribution < 1.29 is 19.4 Å². The van der Waals surface area contributed by atoms with Crippen molar-refractivity contribution in [3.63, 3.8) is 0 Å². The predicted molar refractivity (Wildman–Crippen MR) is 63.7 cm³/mol. The molecule has 0 radical (unpaired) electrons. The van der Waals surface area contributed by atoms with Crippen molar-refractivity contribution in [3.05, 3.63) is 0 Å². The van der Waals surface area contributed by atoms with Gasteiger partial charge in [-0.15, -0.1) is 0 Å². The molecule has 2 saturated heterocycles. The number of aliphatic hydroxyl groups excluding tert-OH is 1. The average Bonchev–Trinajstić information content (AvgIpc) is 3.00. The van der Waals surface area contributed by atoms with E-state index in [-0.39, 0.29) is 48.4 Å².